The molecule has 0 fully saturated rings. The lowest BCUT2D eigenvalue weighted by atomic mass is 10.9. The Labute approximate surface area is 74.0 Å². The maximum absolute atomic E-state index is 10.3. The predicted octanol–water partition coefficient (Wildman–Crippen LogP) is 2.96. The van der Waals surface area contributed by atoms with Gasteiger partial charge in [0.2, 0.25) is 0 Å². The standard InChI is InChI=1S/C4H10O3P.C2H5Cl/c1-3-6-8(5)7-4-2;1-2-3/h3-4H2,1-2H3;2H2,1H3/q+1;. The molecule has 0 aliphatic rings. The van der Waals surface area contributed by atoms with Gasteiger partial charge in [-0.25, -0.2) is 0 Å². The molecule has 0 bridgehead atoms. The second-order valence-electron chi connectivity index (χ2n) is 1.33. The van der Waals surface area contributed by atoms with Gasteiger partial charge in [0, 0.05) is 10.4 Å². The smallest absolute Gasteiger partial charge is 0.127 e. The first kappa shape index (κ1) is 13.9. The van der Waals surface area contributed by atoms with E-state index in [2.05, 4.69) is 9.05 Å². The normalized spacial score (nSPS) is 8.36. The maximum Gasteiger partial charge on any atom is 0.697 e. The summed E-state index contributed by atoms with van der Waals surface area (Å²) in [6, 6.07) is 0. The Balaban J connectivity index is 0. The van der Waals surface area contributed by atoms with Gasteiger partial charge in [0.15, 0.2) is 0 Å². The van der Waals surface area contributed by atoms with E-state index in [0.717, 1.165) is 5.88 Å². The highest BCUT2D eigenvalue weighted by molar-refractivity contribution is 7.33. The van der Waals surface area contributed by atoms with Crippen LogP contribution in [-0.2, 0) is 13.6 Å². The second-order valence-corrected chi connectivity index (χ2v) is 2.82. The summed E-state index contributed by atoms with van der Waals surface area (Å²) in [6.07, 6.45) is 0. The zero-order chi connectivity index (χ0) is 9.11. The van der Waals surface area contributed by atoms with Crippen LogP contribution >= 0.6 is 19.9 Å². The molecule has 0 aliphatic heterocycles. The minimum Gasteiger partial charge on any atom is -0.127 e. The highest BCUT2D eigenvalue weighted by Gasteiger charge is 2.15. The third-order valence-corrected chi connectivity index (χ3v) is 1.41. The van der Waals surface area contributed by atoms with Gasteiger partial charge >= 0.3 is 8.25 Å². The van der Waals surface area contributed by atoms with E-state index >= 15 is 0 Å². The molecule has 0 aromatic rings. The molecule has 0 rings (SSSR count). The summed E-state index contributed by atoms with van der Waals surface area (Å²) >= 11 is 5.00. The fraction of sp³-hybridized carbons (Fsp3) is 1.00. The summed E-state index contributed by atoms with van der Waals surface area (Å²) in [7, 11) is -1.83. The summed E-state index contributed by atoms with van der Waals surface area (Å²) in [6.45, 7) is 6.31. The fourth-order valence-corrected chi connectivity index (χ4v) is 0.744. The summed E-state index contributed by atoms with van der Waals surface area (Å²) in [4.78, 5) is 0. The predicted molar refractivity (Wildman–Crippen MR) is 47.3 cm³/mol. The molecule has 0 aromatic heterocycles. The number of hydrogen-bond donors (Lipinski definition) is 0. The van der Waals surface area contributed by atoms with Gasteiger partial charge in [-0.05, 0) is 13.8 Å². The molecule has 0 unspecified atom stereocenters. The van der Waals surface area contributed by atoms with E-state index in [-0.39, 0.29) is 0 Å². The Morgan fingerprint density at radius 1 is 1.18 bits per heavy atom. The minimum absolute atomic E-state index is 0.440. The van der Waals surface area contributed by atoms with Gasteiger partial charge in [-0.3, -0.25) is 0 Å². The summed E-state index contributed by atoms with van der Waals surface area (Å²) < 4.78 is 19.5. The van der Waals surface area contributed by atoms with Crippen molar-refractivity contribution in [1.29, 1.82) is 0 Å². The molecule has 0 heterocycles. The van der Waals surface area contributed by atoms with Crippen LogP contribution in [0, 0.1) is 0 Å². The van der Waals surface area contributed by atoms with Gasteiger partial charge in [-0.2, -0.15) is 0 Å². The first-order valence-electron chi connectivity index (χ1n) is 3.51. The summed E-state index contributed by atoms with van der Waals surface area (Å²) in [5.74, 6) is 0.722. The van der Waals surface area contributed by atoms with Gasteiger partial charge in [0.1, 0.15) is 13.2 Å². The molecule has 11 heavy (non-hydrogen) atoms. The molecule has 0 N–H and O–H groups in total. The topological polar surface area (TPSA) is 35.5 Å². The highest BCUT2D eigenvalue weighted by atomic mass is 35.5. The van der Waals surface area contributed by atoms with Crippen molar-refractivity contribution in [3.63, 3.8) is 0 Å². The molecule has 0 amide bonds. The molecule has 68 valence electrons. The first-order chi connectivity index (χ1) is 5.22. The molecule has 5 heteroatoms. The van der Waals surface area contributed by atoms with Crippen molar-refractivity contribution in [3.05, 3.63) is 0 Å². The van der Waals surface area contributed by atoms with Crippen molar-refractivity contribution in [1.82, 2.24) is 0 Å². The molecular formula is C6H15ClO3P+. The third-order valence-electron chi connectivity index (χ3n) is 0.469. The third kappa shape index (κ3) is 17.9. The van der Waals surface area contributed by atoms with Crippen molar-refractivity contribution in [2.24, 2.45) is 0 Å². The second kappa shape index (κ2) is 12.9. The Morgan fingerprint density at radius 2 is 1.45 bits per heavy atom. The number of hydrogen-bond acceptors (Lipinski definition) is 3. The van der Waals surface area contributed by atoms with E-state index in [1.165, 1.54) is 0 Å². The van der Waals surface area contributed by atoms with Gasteiger partial charge in [-0.1, -0.05) is 6.92 Å². The average molecular weight is 202 g/mol. The van der Waals surface area contributed by atoms with E-state index < -0.39 is 8.25 Å². The Hall–Kier alpha value is 0.310. The monoisotopic (exact) mass is 201 g/mol. The number of halogens is 1. The van der Waals surface area contributed by atoms with Gasteiger partial charge in [0.05, 0.1) is 0 Å². The zero-order valence-electron chi connectivity index (χ0n) is 7.17. The van der Waals surface area contributed by atoms with Crippen molar-refractivity contribution in [2.45, 2.75) is 20.8 Å². The molecular weight excluding hydrogens is 186 g/mol. The van der Waals surface area contributed by atoms with Crippen molar-refractivity contribution in [2.75, 3.05) is 19.1 Å². The lowest BCUT2D eigenvalue weighted by Gasteiger charge is -1.78. The average Bonchev–Trinajstić information content (AvgIpc) is 1.90. The Bertz CT molecular complexity index is 81.9. The minimum atomic E-state index is -1.83. The molecule has 0 radical (unpaired) electrons. The van der Waals surface area contributed by atoms with Crippen LogP contribution in [0.3, 0.4) is 0 Å². The van der Waals surface area contributed by atoms with Crippen molar-refractivity contribution in [3.8, 4) is 0 Å². The summed E-state index contributed by atoms with van der Waals surface area (Å²) in [5, 5.41) is 0. The van der Waals surface area contributed by atoms with Crippen LogP contribution in [0.1, 0.15) is 20.8 Å². The van der Waals surface area contributed by atoms with Crippen LogP contribution in [0.4, 0.5) is 0 Å². The van der Waals surface area contributed by atoms with E-state index in [4.69, 9.17) is 11.6 Å². The van der Waals surface area contributed by atoms with E-state index in [9.17, 15) is 4.57 Å². The summed E-state index contributed by atoms with van der Waals surface area (Å²) in [5.41, 5.74) is 0. The van der Waals surface area contributed by atoms with Crippen LogP contribution in [0.15, 0.2) is 0 Å². The molecule has 0 atom stereocenters. The van der Waals surface area contributed by atoms with Crippen LogP contribution in [0.2, 0.25) is 0 Å². The fourth-order valence-electron chi connectivity index (χ4n) is 0.248. The molecule has 0 aliphatic carbocycles. The highest BCUT2D eigenvalue weighted by Crippen LogP contribution is 2.21. The Kier molecular flexibility index (Phi) is 16.3. The van der Waals surface area contributed by atoms with Gasteiger partial charge in [-0.15, -0.1) is 20.6 Å². The van der Waals surface area contributed by atoms with Gasteiger partial charge in [0.25, 0.3) is 0 Å². The number of rotatable bonds is 4. The SMILES string of the molecule is CCCl.CCO[P+](=O)OCC. The molecule has 0 saturated carbocycles. The van der Waals surface area contributed by atoms with Crippen LogP contribution < -0.4 is 0 Å². The van der Waals surface area contributed by atoms with E-state index in [1.807, 2.05) is 6.92 Å². The zero-order valence-corrected chi connectivity index (χ0v) is 8.82. The molecule has 0 spiro atoms. The lowest BCUT2D eigenvalue weighted by Crippen LogP contribution is -1.81. The van der Waals surface area contributed by atoms with Crippen molar-refractivity contribution >= 4 is 19.9 Å². The quantitative estimate of drug-likeness (QED) is 0.518. The van der Waals surface area contributed by atoms with E-state index in [0.29, 0.717) is 13.2 Å². The van der Waals surface area contributed by atoms with E-state index in [1.54, 1.807) is 13.8 Å². The maximum atomic E-state index is 10.3. The van der Waals surface area contributed by atoms with Crippen LogP contribution in [0.25, 0.3) is 0 Å². The van der Waals surface area contributed by atoms with Gasteiger partial charge < -0.3 is 0 Å². The van der Waals surface area contributed by atoms with Crippen LogP contribution in [-0.4, -0.2) is 19.1 Å². The largest absolute Gasteiger partial charge is 0.697 e. The number of alkyl halides is 1. The molecule has 0 aromatic carbocycles. The first-order valence-corrected chi connectivity index (χ1v) is 5.14. The molecule has 0 saturated heterocycles. The Morgan fingerprint density at radius 3 is 1.64 bits per heavy atom. The van der Waals surface area contributed by atoms with Crippen molar-refractivity contribution < 1.29 is 13.6 Å². The lowest BCUT2D eigenvalue weighted by molar-refractivity contribution is 0.243. The van der Waals surface area contributed by atoms with Crippen LogP contribution in [0.5, 0.6) is 0 Å². The molecule has 3 nitrogen and oxygen atoms in total.